The lowest BCUT2D eigenvalue weighted by Gasteiger charge is -2.57. The Balaban J connectivity index is 1.16. The first-order valence-corrected chi connectivity index (χ1v) is 9.99. The van der Waals surface area contributed by atoms with Crippen LogP contribution in [-0.2, 0) is 6.54 Å². The first kappa shape index (κ1) is 15.7. The molecule has 2 amide bonds. The van der Waals surface area contributed by atoms with Gasteiger partial charge in [0.25, 0.3) is 0 Å². The number of furan rings is 1. The molecule has 0 radical (unpaired) electrons. The van der Waals surface area contributed by atoms with Gasteiger partial charge in [0.2, 0.25) is 0 Å². The number of nitrogens with zero attached hydrogens (tertiary/aromatic N) is 2. The van der Waals surface area contributed by atoms with Crippen molar-refractivity contribution in [3.05, 3.63) is 24.2 Å². The third kappa shape index (κ3) is 3.07. The highest BCUT2D eigenvalue weighted by molar-refractivity contribution is 5.75. The van der Waals surface area contributed by atoms with E-state index in [1.807, 2.05) is 17.0 Å². The van der Waals surface area contributed by atoms with E-state index in [1.165, 1.54) is 38.5 Å². The summed E-state index contributed by atoms with van der Waals surface area (Å²) in [5, 5.41) is 3.50. The lowest BCUT2D eigenvalue weighted by Crippen LogP contribution is -2.63. The van der Waals surface area contributed by atoms with Gasteiger partial charge in [-0.15, -0.1) is 0 Å². The average Bonchev–Trinajstić information content (AvgIpc) is 3.06. The van der Waals surface area contributed by atoms with Gasteiger partial charge in [-0.3, -0.25) is 4.90 Å². The van der Waals surface area contributed by atoms with Gasteiger partial charge >= 0.3 is 6.03 Å². The third-order valence-corrected chi connectivity index (χ3v) is 7.03. The van der Waals surface area contributed by atoms with E-state index in [0.29, 0.717) is 0 Å². The van der Waals surface area contributed by atoms with Crippen molar-refractivity contribution in [1.29, 1.82) is 0 Å². The van der Waals surface area contributed by atoms with Gasteiger partial charge in [-0.1, -0.05) is 0 Å². The summed E-state index contributed by atoms with van der Waals surface area (Å²) in [7, 11) is 0. The minimum atomic E-state index is 0.122. The number of amides is 2. The van der Waals surface area contributed by atoms with Gasteiger partial charge in [-0.25, -0.2) is 4.79 Å². The maximum atomic E-state index is 12.9. The van der Waals surface area contributed by atoms with Crippen LogP contribution < -0.4 is 5.32 Å². The first-order chi connectivity index (χ1) is 12.2. The molecule has 2 heterocycles. The molecule has 5 fully saturated rings. The standard InChI is InChI=1S/C20H29N3O2/c24-19(21-20-11-15-8-16(12-20)10-17(9-15)13-20)23-5-3-22(4-6-23)14-18-2-1-7-25-18/h1-2,7,15-17H,3-6,8-14H2,(H,21,24). The van der Waals surface area contributed by atoms with Crippen LogP contribution in [0.5, 0.6) is 0 Å². The summed E-state index contributed by atoms with van der Waals surface area (Å²) in [5.41, 5.74) is 0.122. The third-order valence-electron chi connectivity index (χ3n) is 7.03. The van der Waals surface area contributed by atoms with Crippen molar-refractivity contribution < 1.29 is 9.21 Å². The van der Waals surface area contributed by atoms with Crippen molar-refractivity contribution >= 4 is 6.03 Å². The molecule has 25 heavy (non-hydrogen) atoms. The van der Waals surface area contributed by atoms with Gasteiger partial charge in [0, 0.05) is 31.7 Å². The Morgan fingerprint density at radius 1 is 1.08 bits per heavy atom. The summed E-state index contributed by atoms with van der Waals surface area (Å²) in [5.74, 6) is 3.62. The Kier molecular flexibility index (Phi) is 3.81. The Morgan fingerprint density at radius 3 is 2.28 bits per heavy atom. The van der Waals surface area contributed by atoms with Crippen LogP contribution in [0.3, 0.4) is 0 Å². The summed E-state index contributed by atoms with van der Waals surface area (Å²) < 4.78 is 5.43. The highest BCUT2D eigenvalue weighted by Crippen LogP contribution is 2.55. The van der Waals surface area contributed by atoms with Crippen LogP contribution in [0, 0.1) is 17.8 Å². The fourth-order valence-corrected chi connectivity index (χ4v) is 6.30. The monoisotopic (exact) mass is 343 g/mol. The second kappa shape index (κ2) is 6.04. The van der Waals surface area contributed by atoms with E-state index >= 15 is 0 Å². The molecule has 1 saturated heterocycles. The summed E-state index contributed by atoms with van der Waals surface area (Å²) in [4.78, 5) is 17.3. The van der Waals surface area contributed by atoms with Gasteiger partial charge in [0.05, 0.1) is 12.8 Å². The number of piperazine rings is 1. The van der Waals surface area contributed by atoms with E-state index in [0.717, 1.165) is 56.2 Å². The zero-order chi connectivity index (χ0) is 16.9. The molecule has 1 aliphatic heterocycles. The van der Waals surface area contributed by atoms with Gasteiger partial charge in [-0.05, 0) is 68.4 Å². The van der Waals surface area contributed by atoms with Crippen molar-refractivity contribution in [2.75, 3.05) is 26.2 Å². The predicted molar refractivity (Wildman–Crippen MR) is 95.0 cm³/mol. The zero-order valence-electron chi connectivity index (χ0n) is 15.0. The maximum absolute atomic E-state index is 12.9. The number of urea groups is 1. The van der Waals surface area contributed by atoms with Gasteiger partial charge in [-0.2, -0.15) is 0 Å². The highest BCUT2D eigenvalue weighted by Gasteiger charge is 2.51. The van der Waals surface area contributed by atoms with Crippen molar-refractivity contribution in [3.8, 4) is 0 Å². The summed E-state index contributed by atoms with van der Waals surface area (Å²) in [6.07, 6.45) is 9.65. The van der Waals surface area contributed by atoms with Crippen LogP contribution in [0.15, 0.2) is 22.8 Å². The van der Waals surface area contributed by atoms with Gasteiger partial charge < -0.3 is 14.6 Å². The van der Waals surface area contributed by atoms with Crippen LogP contribution in [-0.4, -0.2) is 47.5 Å². The Hall–Kier alpha value is -1.49. The minimum absolute atomic E-state index is 0.122. The molecule has 0 unspecified atom stereocenters. The molecule has 1 aromatic heterocycles. The smallest absolute Gasteiger partial charge is 0.317 e. The average molecular weight is 343 g/mol. The zero-order valence-corrected chi connectivity index (χ0v) is 15.0. The molecule has 6 rings (SSSR count). The molecular weight excluding hydrogens is 314 g/mol. The van der Waals surface area contributed by atoms with Crippen molar-refractivity contribution in [2.45, 2.75) is 50.6 Å². The van der Waals surface area contributed by atoms with E-state index in [9.17, 15) is 4.79 Å². The summed E-state index contributed by atoms with van der Waals surface area (Å²) >= 11 is 0. The Morgan fingerprint density at radius 2 is 1.72 bits per heavy atom. The van der Waals surface area contributed by atoms with Crippen LogP contribution >= 0.6 is 0 Å². The molecule has 1 aromatic rings. The van der Waals surface area contributed by atoms with Gasteiger partial charge in [0.15, 0.2) is 0 Å². The van der Waals surface area contributed by atoms with Crippen molar-refractivity contribution in [2.24, 2.45) is 17.8 Å². The van der Waals surface area contributed by atoms with E-state index in [-0.39, 0.29) is 11.6 Å². The number of hydrogen-bond donors (Lipinski definition) is 1. The van der Waals surface area contributed by atoms with E-state index < -0.39 is 0 Å². The van der Waals surface area contributed by atoms with E-state index in [4.69, 9.17) is 4.42 Å². The fourth-order valence-electron chi connectivity index (χ4n) is 6.30. The number of nitrogens with one attached hydrogen (secondary N) is 1. The molecule has 5 nitrogen and oxygen atoms in total. The lowest BCUT2D eigenvalue weighted by atomic mass is 9.53. The molecule has 1 N–H and O–H groups in total. The predicted octanol–water partition coefficient (Wildman–Crippen LogP) is 3.08. The molecule has 4 aliphatic carbocycles. The number of carbonyl (C=O) groups is 1. The molecule has 0 spiro atoms. The van der Waals surface area contributed by atoms with Gasteiger partial charge in [0.1, 0.15) is 5.76 Å². The topological polar surface area (TPSA) is 48.7 Å². The number of hydrogen-bond acceptors (Lipinski definition) is 3. The second-order valence-electron chi connectivity index (χ2n) is 8.97. The maximum Gasteiger partial charge on any atom is 0.317 e. The second-order valence-corrected chi connectivity index (χ2v) is 8.97. The molecule has 5 heteroatoms. The fraction of sp³-hybridized carbons (Fsp3) is 0.750. The quantitative estimate of drug-likeness (QED) is 0.917. The molecular formula is C20H29N3O2. The molecule has 5 aliphatic rings. The van der Waals surface area contributed by atoms with Crippen LogP contribution in [0.2, 0.25) is 0 Å². The molecule has 0 atom stereocenters. The Bertz CT molecular complexity index is 584. The molecule has 4 bridgehead atoms. The normalized spacial score (nSPS) is 37.4. The lowest BCUT2D eigenvalue weighted by molar-refractivity contribution is -0.0165. The van der Waals surface area contributed by atoms with E-state index in [1.54, 1.807) is 6.26 Å². The molecule has 0 aromatic carbocycles. The SMILES string of the molecule is O=C(NC12CC3CC(CC(C3)C1)C2)N1CCN(Cc2ccco2)CC1. The minimum Gasteiger partial charge on any atom is -0.468 e. The van der Waals surface area contributed by atoms with Crippen molar-refractivity contribution in [1.82, 2.24) is 15.1 Å². The molecule has 136 valence electrons. The van der Waals surface area contributed by atoms with Crippen LogP contribution in [0.1, 0.15) is 44.3 Å². The largest absolute Gasteiger partial charge is 0.468 e. The number of carbonyl (C=O) groups excluding carboxylic acids is 1. The summed E-state index contributed by atoms with van der Waals surface area (Å²) in [6.45, 7) is 4.33. The number of rotatable bonds is 3. The Labute approximate surface area is 149 Å². The van der Waals surface area contributed by atoms with Crippen LogP contribution in [0.25, 0.3) is 0 Å². The molecule has 4 saturated carbocycles. The summed E-state index contributed by atoms with van der Waals surface area (Å²) in [6, 6.07) is 4.14. The highest BCUT2D eigenvalue weighted by atomic mass is 16.3. The first-order valence-electron chi connectivity index (χ1n) is 9.99. The van der Waals surface area contributed by atoms with Crippen molar-refractivity contribution in [3.63, 3.8) is 0 Å². The van der Waals surface area contributed by atoms with E-state index in [2.05, 4.69) is 10.2 Å². The van der Waals surface area contributed by atoms with Crippen LogP contribution in [0.4, 0.5) is 4.79 Å².